The summed E-state index contributed by atoms with van der Waals surface area (Å²) in [4.78, 5) is 2.62. The summed E-state index contributed by atoms with van der Waals surface area (Å²) in [6.45, 7) is 7.54. The van der Waals surface area contributed by atoms with Gasteiger partial charge in [-0.1, -0.05) is 23.8 Å². The van der Waals surface area contributed by atoms with E-state index in [9.17, 15) is 13.2 Å². The molecule has 36 heavy (non-hydrogen) atoms. The number of ether oxygens (including phenoxy) is 1. The van der Waals surface area contributed by atoms with E-state index in [4.69, 9.17) is 4.74 Å². The van der Waals surface area contributed by atoms with Crippen LogP contribution in [0.4, 0.5) is 19.0 Å². The number of rotatable bonds is 5. The number of nitrogens with one attached hydrogen (secondary N) is 1. The van der Waals surface area contributed by atoms with E-state index < -0.39 is 11.7 Å². The predicted molar refractivity (Wildman–Crippen MR) is 141 cm³/mol. The highest BCUT2D eigenvalue weighted by Crippen LogP contribution is 2.44. The molecule has 0 bridgehead atoms. The lowest BCUT2D eigenvalue weighted by Gasteiger charge is -2.45. The highest BCUT2D eigenvalue weighted by molar-refractivity contribution is 6.40. The lowest BCUT2D eigenvalue weighted by atomic mass is 9.52. The minimum Gasteiger partial charge on any atom is -0.381 e. The van der Waals surface area contributed by atoms with Crippen LogP contribution in [0.3, 0.4) is 0 Å². The van der Waals surface area contributed by atoms with E-state index in [0.717, 1.165) is 69.2 Å². The van der Waals surface area contributed by atoms with Crippen molar-refractivity contribution >= 4 is 21.5 Å². The average molecular weight is 498 g/mol. The van der Waals surface area contributed by atoms with Gasteiger partial charge >= 0.3 is 6.18 Å². The van der Waals surface area contributed by atoms with Crippen LogP contribution in [-0.4, -0.2) is 68.5 Å². The molecule has 2 aromatic rings. The number of hydrogen-bond donors (Lipinski definition) is 1. The van der Waals surface area contributed by atoms with Gasteiger partial charge in [0.05, 0.1) is 5.69 Å². The van der Waals surface area contributed by atoms with Crippen molar-refractivity contribution in [3.8, 4) is 11.3 Å². The number of aromatic nitrogens is 2. The third kappa shape index (κ3) is 5.03. The van der Waals surface area contributed by atoms with Crippen LogP contribution in [0.1, 0.15) is 42.4 Å². The minimum absolute atomic E-state index is 0.0179. The van der Waals surface area contributed by atoms with Crippen molar-refractivity contribution in [3.05, 3.63) is 41.0 Å². The molecule has 3 aliphatic rings. The van der Waals surface area contributed by atoms with E-state index in [0.29, 0.717) is 23.3 Å². The van der Waals surface area contributed by atoms with Crippen LogP contribution in [0.25, 0.3) is 11.3 Å². The number of benzene rings is 1. The highest BCUT2D eigenvalue weighted by atomic mass is 19.4. The molecule has 0 radical (unpaired) electrons. The Bertz CT molecular complexity index is 1090. The quantitative estimate of drug-likeness (QED) is 0.642. The molecule has 2 aliphatic heterocycles. The van der Waals surface area contributed by atoms with Crippen LogP contribution in [0, 0.1) is 31.6 Å². The number of fused-ring (bicyclic) bond motifs is 1. The van der Waals surface area contributed by atoms with E-state index in [1.165, 1.54) is 0 Å². The van der Waals surface area contributed by atoms with E-state index in [1.54, 1.807) is 0 Å². The van der Waals surface area contributed by atoms with Crippen LogP contribution in [0.5, 0.6) is 0 Å². The van der Waals surface area contributed by atoms with Crippen molar-refractivity contribution in [2.75, 3.05) is 31.6 Å². The highest BCUT2D eigenvalue weighted by Gasteiger charge is 2.47. The predicted octanol–water partition coefficient (Wildman–Crippen LogP) is 3.25. The zero-order valence-electron chi connectivity index (χ0n) is 21.7. The van der Waals surface area contributed by atoms with E-state index in [2.05, 4.69) is 36.1 Å². The van der Waals surface area contributed by atoms with E-state index in [-0.39, 0.29) is 22.9 Å². The van der Waals surface area contributed by atoms with Crippen LogP contribution in [0.15, 0.2) is 24.3 Å². The summed E-state index contributed by atoms with van der Waals surface area (Å²) in [5.41, 5.74) is 2.12. The largest absolute Gasteiger partial charge is 0.420 e. The number of hydrogen-bond acceptors (Lipinski definition) is 5. The summed E-state index contributed by atoms with van der Waals surface area (Å²) in [5.74, 6) is 1.47. The number of nitrogens with zero attached hydrogens (tertiary/aromatic N) is 3. The summed E-state index contributed by atoms with van der Waals surface area (Å²) in [6.07, 6.45) is -0.587. The average Bonchev–Trinajstić information content (AvgIpc) is 3.39. The number of aryl methyl sites for hydroxylation is 2. The van der Waals surface area contributed by atoms with Gasteiger partial charge < -0.3 is 15.0 Å². The van der Waals surface area contributed by atoms with Crippen molar-refractivity contribution in [1.82, 2.24) is 15.1 Å². The van der Waals surface area contributed by atoms with Gasteiger partial charge in [-0.15, -0.1) is 10.2 Å². The number of likely N-dealkylation sites (tertiary alicyclic amines) is 1. The first-order chi connectivity index (χ1) is 17.0. The summed E-state index contributed by atoms with van der Waals surface area (Å²) in [6, 6.07) is 6.76. The molecule has 0 amide bonds. The molecule has 1 aromatic heterocycles. The van der Waals surface area contributed by atoms with E-state index >= 15 is 0 Å². The molecule has 1 aliphatic carbocycles. The Labute approximate surface area is 213 Å². The van der Waals surface area contributed by atoms with Gasteiger partial charge in [-0.25, -0.2) is 0 Å². The van der Waals surface area contributed by atoms with Crippen molar-refractivity contribution in [2.45, 2.75) is 57.1 Å². The van der Waals surface area contributed by atoms with Crippen molar-refractivity contribution in [1.29, 1.82) is 0 Å². The van der Waals surface area contributed by atoms with Crippen LogP contribution < -0.4 is 5.32 Å². The standard InChI is InChI=1S/C26H35B2F3N4O/c1-15-3-4-21(16(2)9-15)23-12-22(26(29,30)31)24(34-33-23)32-20-10-17-13-35(14-18(17)11-20)25(27,28)19-5-7-36-8-6-19/h3-4,9,12,17-20H,5-8,10-11,13-14,27-28H2,1-2H3,(H,32,34)/t17-,18+,20+. The lowest BCUT2D eigenvalue weighted by Crippen LogP contribution is -2.56. The molecular formula is C26H35B2F3N4O. The van der Waals surface area contributed by atoms with Gasteiger partial charge in [-0.3, -0.25) is 0 Å². The van der Waals surface area contributed by atoms with Crippen molar-refractivity contribution in [3.63, 3.8) is 0 Å². The number of anilines is 1. The van der Waals surface area contributed by atoms with Gasteiger partial charge in [-0.2, -0.15) is 13.2 Å². The molecule has 10 heteroatoms. The Morgan fingerprint density at radius 2 is 1.67 bits per heavy atom. The minimum atomic E-state index is -4.51. The molecule has 3 heterocycles. The first-order valence-electron chi connectivity index (χ1n) is 13.1. The maximum absolute atomic E-state index is 14.0. The first kappa shape index (κ1) is 25.6. The Morgan fingerprint density at radius 1 is 1.00 bits per heavy atom. The molecule has 0 unspecified atom stereocenters. The molecule has 0 spiro atoms. The summed E-state index contributed by atoms with van der Waals surface area (Å²) < 4.78 is 47.7. The van der Waals surface area contributed by atoms with Crippen LogP contribution >= 0.6 is 0 Å². The van der Waals surface area contributed by atoms with Crippen LogP contribution in [-0.2, 0) is 10.9 Å². The fraction of sp³-hybridized carbons (Fsp3) is 0.615. The Kier molecular flexibility index (Phi) is 6.87. The molecule has 1 saturated carbocycles. The maximum Gasteiger partial charge on any atom is 0.420 e. The molecule has 1 N–H and O–H groups in total. The number of halogens is 3. The third-order valence-corrected chi connectivity index (χ3v) is 8.88. The van der Waals surface area contributed by atoms with Gasteiger partial charge in [0.1, 0.15) is 21.3 Å². The second-order valence-electron chi connectivity index (χ2n) is 11.6. The lowest BCUT2D eigenvalue weighted by molar-refractivity contribution is -0.137. The molecule has 1 aromatic carbocycles. The Hall–Kier alpha value is -2.06. The van der Waals surface area contributed by atoms with Gasteiger partial charge in [0, 0.05) is 37.9 Å². The summed E-state index contributed by atoms with van der Waals surface area (Å²) in [7, 11) is 4.70. The fourth-order valence-electron chi connectivity index (χ4n) is 6.69. The monoisotopic (exact) mass is 498 g/mol. The molecule has 3 fully saturated rings. The van der Waals surface area contributed by atoms with Crippen molar-refractivity contribution in [2.24, 2.45) is 17.8 Å². The topological polar surface area (TPSA) is 50.3 Å². The summed E-state index contributed by atoms with van der Waals surface area (Å²) in [5, 5.41) is 11.5. The Balaban J connectivity index is 1.28. The zero-order chi connectivity index (χ0) is 25.7. The summed E-state index contributed by atoms with van der Waals surface area (Å²) >= 11 is 0. The van der Waals surface area contributed by atoms with Gasteiger partial charge in [0.15, 0.2) is 5.82 Å². The van der Waals surface area contributed by atoms with Crippen LogP contribution in [0.2, 0.25) is 0 Å². The smallest absolute Gasteiger partial charge is 0.381 e. The second-order valence-corrected chi connectivity index (χ2v) is 11.6. The first-order valence-corrected chi connectivity index (χ1v) is 13.1. The molecular weight excluding hydrogens is 463 g/mol. The Morgan fingerprint density at radius 3 is 2.28 bits per heavy atom. The molecule has 5 nitrogen and oxygen atoms in total. The molecule has 192 valence electrons. The third-order valence-electron chi connectivity index (χ3n) is 8.88. The van der Waals surface area contributed by atoms with Gasteiger partial charge in [0.2, 0.25) is 0 Å². The normalized spacial score (nSPS) is 25.8. The SMILES string of the molecule is BC(B)(C1CCOCC1)N1C[C@H]2C[C@H](Nc3nnc(-c4ccc(C)cc4C)cc3C(F)(F)F)C[C@H]2C1. The number of alkyl halides is 3. The second kappa shape index (κ2) is 9.67. The van der Waals surface area contributed by atoms with Crippen molar-refractivity contribution < 1.29 is 17.9 Å². The molecule has 5 rings (SSSR count). The van der Waals surface area contributed by atoms with E-state index in [1.807, 2.05) is 32.0 Å². The van der Waals surface area contributed by atoms with Gasteiger partial charge in [0.25, 0.3) is 0 Å². The molecule has 2 saturated heterocycles. The zero-order valence-corrected chi connectivity index (χ0v) is 21.7. The van der Waals surface area contributed by atoms with Gasteiger partial charge in [-0.05, 0) is 74.3 Å². The maximum atomic E-state index is 14.0. The fourth-order valence-corrected chi connectivity index (χ4v) is 6.69. The molecule has 3 atom stereocenters.